The zero-order valence-corrected chi connectivity index (χ0v) is 20.0. The number of carbonyl (C=O) groups is 1. The molecule has 9 heteroatoms. The van der Waals surface area contributed by atoms with E-state index in [4.69, 9.17) is 11.6 Å². The first kappa shape index (κ1) is 21.6. The Kier molecular flexibility index (Phi) is 5.87. The zero-order chi connectivity index (χ0) is 21.6. The molecule has 2 aromatic carbocycles. The first-order valence-electron chi connectivity index (χ1n) is 9.81. The first-order chi connectivity index (χ1) is 14.2. The summed E-state index contributed by atoms with van der Waals surface area (Å²) in [6.45, 7) is 5.46. The summed E-state index contributed by atoms with van der Waals surface area (Å²) in [5, 5.41) is 0.676. The van der Waals surface area contributed by atoms with Gasteiger partial charge >= 0.3 is 0 Å². The second-order valence-electron chi connectivity index (χ2n) is 7.72. The van der Waals surface area contributed by atoms with Crippen LogP contribution in [0.1, 0.15) is 19.4 Å². The van der Waals surface area contributed by atoms with Crippen LogP contribution in [0.2, 0.25) is 5.02 Å². The van der Waals surface area contributed by atoms with Crippen molar-refractivity contribution in [1.82, 2.24) is 4.31 Å². The van der Waals surface area contributed by atoms with E-state index < -0.39 is 10.0 Å². The summed E-state index contributed by atoms with van der Waals surface area (Å²) in [7, 11) is -3.69. The molecule has 2 aliphatic rings. The number of halogens is 2. The van der Waals surface area contributed by atoms with Crippen LogP contribution < -0.4 is 9.80 Å². The monoisotopic (exact) mass is 511 g/mol. The van der Waals surface area contributed by atoms with Crippen molar-refractivity contribution < 1.29 is 13.2 Å². The van der Waals surface area contributed by atoms with Crippen LogP contribution in [-0.4, -0.2) is 50.9 Å². The number of hydrogen-bond donors (Lipinski definition) is 0. The summed E-state index contributed by atoms with van der Waals surface area (Å²) in [4.78, 5) is 16.1. The third-order valence-corrected chi connectivity index (χ3v) is 8.85. The molecule has 160 valence electrons. The third kappa shape index (κ3) is 3.86. The van der Waals surface area contributed by atoms with E-state index in [0.717, 1.165) is 11.3 Å². The number of piperazine rings is 1. The smallest absolute Gasteiger partial charge is 0.244 e. The maximum absolute atomic E-state index is 13.4. The van der Waals surface area contributed by atoms with Crippen LogP contribution in [0.5, 0.6) is 0 Å². The lowest BCUT2D eigenvalue weighted by Crippen LogP contribution is -2.48. The Hall–Kier alpha value is -1.61. The van der Waals surface area contributed by atoms with Crippen molar-refractivity contribution in [3.05, 3.63) is 51.5 Å². The number of rotatable bonds is 3. The molecule has 1 unspecified atom stereocenters. The maximum Gasteiger partial charge on any atom is 0.244 e. The first-order valence-corrected chi connectivity index (χ1v) is 12.4. The predicted molar refractivity (Wildman–Crippen MR) is 123 cm³/mol. The van der Waals surface area contributed by atoms with Crippen LogP contribution >= 0.6 is 27.5 Å². The molecular formula is C21H23BrClN3O3S. The Balaban J connectivity index is 1.58. The molecule has 0 N–H and O–H groups in total. The summed E-state index contributed by atoms with van der Waals surface area (Å²) in [6.07, 6.45) is 0.716. The summed E-state index contributed by atoms with van der Waals surface area (Å²) in [5.41, 5.74) is 2.70. The van der Waals surface area contributed by atoms with Gasteiger partial charge in [0.1, 0.15) is 0 Å². The standard InChI is InChI=1S/C21H23BrClN3O3S/c1-14-11-16-12-19(22)21(13-20(16)26(14)15(2)27)30(28,29)25-9-7-24(8-10-25)18-5-3-17(23)4-6-18/h3-6,12-14H,7-11H2,1-2H3. The van der Waals surface area contributed by atoms with Crippen molar-refractivity contribution in [2.45, 2.75) is 31.2 Å². The minimum atomic E-state index is -3.69. The van der Waals surface area contributed by atoms with Gasteiger partial charge in [0, 0.05) is 60.0 Å². The van der Waals surface area contributed by atoms with Crippen molar-refractivity contribution in [2.75, 3.05) is 36.0 Å². The van der Waals surface area contributed by atoms with E-state index in [2.05, 4.69) is 20.8 Å². The van der Waals surface area contributed by atoms with Gasteiger partial charge in [-0.15, -0.1) is 0 Å². The average molecular weight is 513 g/mol. The van der Waals surface area contributed by atoms with Gasteiger partial charge in [-0.2, -0.15) is 4.31 Å². The lowest BCUT2D eigenvalue weighted by molar-refractivity contribution is -0.116. The fourth-order valence-electron chi connectivity index (χ4n) is 4.27. The Morgan fingerprint density at radius 1 is 1.10 bits per heavy atom. The highest BCUT2D eigenvalue weighted by Crippen LogP contribution is 2.39. The van der Waals surface area contributed by atoms with E-state index in [-0.39, 0.29) is 16.8 Å². The van der Waals surface area contributed by atoms with Gasteiger partial charge in [-0.25, -0.2) is 8.42 Å². The number of benzene rings is 2. The van der Waals surface area contributed by atoms with Crippen LogP contribution in [0.3, 0.4) is 0 Å². The molecule has 30 heavy (non-hydrogen) atoms. The predicted octanol–water partition coefficient (Wildman–Crippen LogP) is 3.91. The van der Waals surface area contributed by atoms with Crippen LogP contribution in [0.25, 0.3) is 0 Å². The number of hydrogen-bond acceptors (Lipinski definition) is 4. The average Bonchev–Trinajstić information content (AvgIpc) is 3.02. The maximum atomic E-state index is 13.4. The van der Waals surface area contributed by atoms with Gasteiger partial charge in [0.2, 0.25) is 15.9 Å². The van der Waals surface area contributed by atoms with Gasteiger partial charge in [-0.3, -0.25) is 4.79 Å². The fourth-order valence-corrected chi connectivity index (χ4v) is 6.89. The van der Waals surface area contributed by atoms with E-state index >= 15 is 0 Å². The largest absolute Gasteiger partial charge is 0.369 e. The number of sulfonamides is 1. The van der Waals surface area contributed by atoms with Crippen LogP contribution in [0.15, 0.2) is 45.8 Å². The van der Waals surface area contributed by atoms with Gasteiger partial charge in [0.05, 0.1) is 4.90 Å². The van der Waals surface area contributed by atoms with Crippen molar-refractivity contribution in [3.8, 4) is 0 Å². The van der Waals surface area contributed by atoms with E-state index in [0.29, 0.717) is 47.8 Å². The van der Waals surface area contributed by atoms with Gasteiger partial charge in [0.25, 0.3) is 0 Å². The fraction of sp³-hybridized carbons (Fsp3) is 0.381. The third-order valence-electron chi connectivity index (χ3n) is 5.74. The van der Waals surface area contributed by atoms with E-state index in [9.17, 15) is 13.2 Å². The molecule has 1 fully saturated rings. The number of fused-ring (bicyclic) bond motifs is 1. The van der Waals surface area contributed by atoms with Gasteiger partial charge in [-0.05, 0) is 71.2 Å². The van der Waals surface area contributed by atoms with Gasteiger partial charge in [-0.1, -0.05) is 11.6 Å². The summed E-state index contributed by atoms with van der Waals surface area (Å²) >= 11 is 9.41. The van der Waals surface area contributed by atoms with Crippen molar-refractivity contribution in [1.29, 1.82) is 0 Å². The topological polar surface area (TPSA) is 60.9 Å². The number of anilines is 2. The van der Waals surface area contributed by atoms with E-state index in [1.165, 1.54) is 11.2 Å². The molecular weight excluding hydrogens is 490 g/mol. The zero-order valence-electron chi connectivity index (χ0n) is 16.8. The molecule has 2 aromatic rings. The Labute approximate surface area is 190 Å². The van der Waals surface area contributed by atoms with Crippen LogP contribution in [0.4, 0.5) is 11.4 Å². The van der Waals surface area contributed by atoms with Crippen molar-refractivity contribution >= 4 is 54.8 Å². The molecule has 0 aliphatic carbocycles. The lowest BCUT2D eigenvalue weighted by atomic mass is 10.1. The highest BCUT2D eigenvalue weighted by Gasteiger charge is 2.35. The Bertz CT molecular complexity index is 1080. The molecule has 2 heterocycles. The molecule has 0 aromatic heterocycles. The number of carbonyl (C=O) groups excluding carboxylic acids is 1. The Morgan fingerprint density at radius 2 is 1.73 bits per heavy atom. The highest BCUT2D eigenvalue weighted by atomic mass is 79.9. The molecule has 1 saturated heterocycles. The molecule has 1 atom stereocenters. The molecule has 6 nitrogen and oxygen atoms in total. The Morgan fingerprint density at radius 3 is 2.33 bits per heavy atom. The molecule has 0 spiro atoms. The molecule has 4 rings (SSSR count). The lowest BCUT2D eigenvalue weighted by Gasteiger charge is -2.35. The normalized spacial score (nSPS) is 19.8. The second-order valence-corrected chi connectivity index (χ2v) is 10.9. The summed E-state index contributed by atoms with van der Waals surface area (Å²) in [5.74, 6) is -0.0801. The second kappa shape index (κ2) is 8.15. The van der Waals surface area contributed by atoms with E-state index in [1.807, 2.05) is 37.3 Å². The quantitative estimate of drug-likeness (QED) is 0.626. The van der Waals surface area contributed by atoms with Gasteiger partial charge in [0.15, 0.2) is 0 Å². The van der Waals surface area contributed by atoms with E-state index in [1.54, 1.807) is 11.0 Å². The van der Waals surface area contributed by atoms with Crippen LogP contribution in [-0.2, 0) is 21.2 Å². The molecule has 0 bridgehead atoms. The number of nitrogens with zero attached hydrogens (tertiary/aromatic N) is 3. The SMILES string of the molecule is CC(=O)N1c2cc(S(=O)(=O)N3CCN(c4ccc(Cl)cc4)CC3)c(Br)cc2CC1C. The number of amides is 1. The summed E-state index contributed by atoms with van der Waals surface area (Å²) < 4.78 is 28.9. The summed E-state index contributed by atoms with van der Waals surface area (Å²) in [6, 6.07) is 11.1. The highest BCUT2D eigenvalue weighted by molar-refractivity contribution is 9.10. The molecule has 0 radical (unpaired) electrons. The van der Waals surface area contributed by atoms with Crippen LogP contribution in [0, 0.1) is 0 Å². The van der Waals surface area contributed by atoms with Gasteiger partial charge < -0.3 is 9.80 Å². The minimum absolute atomic E-state index is 0.0188. The molecule has 0 saturated carbocycles. The molecule has 1 amide bonds. The minimum Gasteiger partial charge on any atom is -0.369 e. The van der Waals surface area contributed by atoms with Crippen molar-refractivity contribution in [3.63, 3.8) is 0 Å². The molecule has 2 aliphatic heterocycles. The van der Waals surface area contributed by atoms with Crippen molar-refractivity contribution in [2.24, 2.45) is 0 Å².